The quantitative estimate of drug-likeness (QED) is 0.815. The van der Waals surface area contributed by atoms with E-state index < -0.39 is 24.5 Å². The van der Waals surface area contributed by atoms with Crippen LogP contribution in [0.1, 0.15) is 32.2 Å². The number of aromatic carboxylic acids is 1. The van der Waals surface area contributed by atoms with Gasteiger partial charge in [-0.3, -0.25) is 4.79 Å². The van der Waals surface area contributed by atoms with E-state index in [0.29, 0.717) is 0 Å². The van der Waals surface area contributed by atoms with Crippen LogP contribution in [0.5, 0.6) is 0 Å². The van der Waals surface area contributed by atoms with Crippen LogP contribution in [0.25, 0.3) is 0 Å². The predicted molar refractivity (Wildman–Crippen MR) is 58.9 cm³/mol. The molecule has 1 heterocycles. The van der Waals surface area contributed by atoms with Crippen molar-refractivity contribution in [1.82, 2.24) is 5.32 Å². The summed E-state index contributed by atoms with van der Waals surface area (Å²) in [5, 5.41) is 10.9. The minimum absolute atomic E-state index is 0.00967. The van der Waals surface area contributed by atoms with Gasteiger partial charge in [0, 0.05) is 13.0 Å². The summed E-state index contributed by atoms with van der Waals surface area (Å²) in [7, 11) is 0. The average molecular weight is 281 g/mol. The Morgan fingerprint density at radius 1 is 1.28 bits per heavy atom. The first kappa shape index (κ1) is 14.5. The molecule has 4 nitrogen and oxygen atoms in total. The fraction of sp³-hybridized carbons (Fsp3) is 0.400. The molecule has 0 aliphatic carbocycles. The largest absolute Gasteiger partial charge is 0.477 e. The maximum Gasteiger partial charge on any atom is 0.389 e. The number of carbonyl (C=O) groups is 2. The van der Waals surface area contributed by atoms with Crippen LogP contribution in [0.4, 0.5) is 13.2 Å². The smallest absolute Gasteiger partial charge is 0.389 e. The standard InChI is InChI=1S/C10H10F3NO3S/c11-10(12,13)4-1-5-14-8(15)6-2-3-7(18-6)9(16)17/h2-3H,1,4-5H2,(H,14,15)(H,16,17). The lowest BCUT2D eigenvalue weighted by atomic mass is 10.3. The summed E-state index contributed by atoms with van der Waals surface area (Å²) in [6.07, 6.45) is -5.39. The van der Waals surface area contributed by atoms with Crippen LogP contribution < -0.4 is 5.32 Å². The van der Waals surface area contributed by atoms with Gasteiger partial charge in [0.15, 0.2) is 0 Å². The summed E-state index contributed by atoms with van der Waals surface area (Å²) in [6, 6.07) is 2.60. The molecule has 2 N–H and O–H groups in total. The maximum atomic E-state index is 11.8. The molecule has 0 saturated carbocycles. The van der Waals surface area contributed by atoms with Gasteiger partial charge >= 0.3 is 12.1 Å². The fourth-order valence-electron chi connectivity index (χ4n) is 1.15. The molecular formula is C10H10F3NO3S. The Hall–Kier alpha value is -1.57. The van der Waals surface area contributed by atoms with Crippen LogP contribution in [0.2, 0.25) is 0 Å². The van der Waals surface area contributed by atoms with Gasteiger partial charge in [0.1, 0.15) is 4.88 Å². The second kappa shape index (κ2) is 5.85. The number of hydrogen-bond acceptors (Lipinski definition) is 3. The molecule has 1 amide bonds. The lowest BCUT2D eigenvalue weighted by Crippen LogP contribution is -2.24. The van der Waals surface area contributed by atoms with Crippen molar-refractivity contribution in [1.29, 1.82) is 0 Å². The highest BCUT2D eigenvalue weighted by Gasteiger charge is 2.26. The lowest BCUT2D eigenvalue weighted by molar-refractivity contribution is -0.135. The maximum absolute atomic E-state index is 11.8. The van der Waals surface area contributed by atoms with Gasteiger partial charge in [0.05, 0.1) is 4.88 Å². The molecule has 0 saturated heterocycles. The van der Waals surface area contributed by atoms with E-state index in [2.05, 4.69) is 5.32 Å². The summed E-state index contributed by atoms with van der Waals surface area (Å²) in [6.45, 7) is -0.0986. The predicted octanol–water partition coefficient (Wildman–Crippen LogP) is 2.52. The molecule has 100 valence electrons. The Balaban J connectivity index is 2.39. The monoisotopic (exact) mass is 281 g/mol. The number of rotatable bonds is 5. The molecule has 0 unspecified atom stereocenters. The minimum atomic E-state index is -4.23. The van der Waals surface area contributed by atoms with Gasteiger partial charge in [-0.05, 0) is 18.6 Å². The van der Waals surface area contributed by atoms with E-state index in [0.717, 1.165) is 11.3 Å². The molecule has 0 spiro atoms. The molecule has 18 heavy (non-hydrogen) atoms. The van der Waals surface area contributed by atoms with Crippen molar-refractivity contribution in [3.05, 3.63) is 21.9 Å². The zero-order chi connectivity index (χ0) is 13.8. The van der Waals surface area contributed by atoms with Crippen molar-refractivity contribution < 1.29 is 27.9 Å². The molecule has 0 aliphatic rings. The summed E-state index contributed by atoms with van der Waals surface area (Å²) in [4.78, 5) is 22.2. The van der Waals surface area contributed by atoms with E-state index in [-0.39, 0.29) is 22.7 Å². The van der Waals surface area contributed by atoms with Crippen molar-refractivity contribution in [3.63, 3.8) is 0 Å². The zero-order valence-corrected chi connectivity index (χ0v) is 9.90. The van der Waals surface area contributed by atoms with Gasteiger partial charge in [-0.2, -0.15) is 13.2 Å². The molecule has 0 aliphatic heterocycles. The van der Waals surface area contributed by atoms with Crippen LogP contribution in [0.3, 0.4) is 0 Å². The summed E-state index contributed by atoms with van der Waals surface area (Å²) < 4.78 is 35.5. The van der Waals surface area contributed by atoms with Crippen molar-refractivity contribution in [3.8, 4) is 0 Å². The van der Waals surface area contributed by atoms with Gasteiger partial charge in [0.2, 0.25) is 0 Å². The van der Waals surface area contributed by atoms with Crippen molar-refractivity contribution in [2.75, 3.05) is 6.54 Å². The summed E-state index contributed by atoms with van der Waals surface area (Å²) in [5.41, 5.74) is 0. The van der Waals surface area contributed by atoms with E-state index >= 15 is 0 Å². The van der Waals surface area contributed by atoms with Gasteiger partial charge in [-0.25, -0.2) is 4.79 Å². The molecular weight excluding hydrogens is 271 g/mol. The number of nitrogens with one attached hydrogen (secondary N) is 1. The van der Waals surface area contributed by atoms with E-state index in [1.165, 1.54) is 12.1 Å². The summed E-state index contributed by atoms with van der Waals surface area (Å²) >= 11 is 0.779. The Bertz CT molecular complexity index is 442. The van der Waals surface area contributed by atoms with Gasteiger partial charge < -0.3 is 10.4 Å². The highest BCUT2D eigenvalue weighted by molar-refractivity contribution is 7.15. The molecule has 0 fully saturated rings. The van der Waals surface area contributed by atoms with E-state index in [4.69, 9.17) is 5.11 Å². The molecule has 1 aromatic rings. The molecule has 8 heteroatoms. The molecule has 1 aromatic heterocycles. The Morgan fingerprint density at radius 3 is 2.39 bits per heavy atom. The molecule has 0 aromatic carbocycles. The first-order valence-electron chi connectivity index (χ1n) is 4.97. The Morgan fingerprint density at radius 2 is 1.89 bits per heavy atom. The third-order valence-electron chi connectivity index (χ3n) is 1.96. The number of amides is 1. The van der Waals surface area contributed by atoms with Crippen LogP contribution in [0.15, 0.2) is 12.1 Å². The molecule has 0 radical (unpaired) electrons. The Kier molecular flexibility index (Phi) is 4.71. The zero-order valence-electron chi connectivity index (χ0n) is 9.08. The first-order valence-corrected chi connectivity index (χ1v) is 5.79. The highest BCUT2D eigenvalue weighted by atomic mass is 32.1. The summed E-state index contributed by atoms with van der Waals surface area (Å²) in [5.74, 6) is -1.70. The van der Waals surface area contributed by atoms with Crippen LogP contribution in [0, 0.1) is 0 Å². The van der Waals surface area contributed by atoms with Crippen LogP contribution >= 0.6 is 11.3 Å². The van der Waals surface area contributed by atoms with E-state index in [1.807, 2.05) is 0 Å². The van der Waals surface area contributed by atoms with Crippen molar-refractivity contribution in [2.45, 2.75) is 19.0 Å². The van der Waals surface area contributed by atoms with Gasteiger partial charge in [-0.1, -0.05) is 0 Å². The van der Waals surface area contributed by atoms with E-state index in [1.54, 1.807) is 0 Å². The lowest BCUT2D eigenvalue weighted by Gasteiger charge is -2.06. The van der Waals surface area contributed by atoms with Crippen molar-refractivity contribution >= 4 is 23.2 Å². The number of alkyl halides is 3. The SMILES string of the molecule is O=C(O)c1ccc(C(=O)NCCCC(F)(F)F)s1. The fourth-order valence-corrected chi connectivity index (χ4v) is 1.91. The Labute approximate surface area is 104 Å². The third kappa shape index (κ3) is 4.74. The topological polar surface area (TPSA) is 66.4 Å². The molecule has 0 bridgehead atoms. The van der Waals surface area contributed by atoms with E-state index in [9.17, 15) is 22.8 Å². The molecule has 1 rings (SSSR count). The number of carboxylic acids is 1. The van der Waals surface area contributed by atoms with Crippen molar-refractivity contribution in [2.24, 2.45) is 0 Å². The second-order valence-corrected chi connectivity index (χ2v) is 4.53. The number of carboxylic acid groups (broad SMARTS) is 1. The number of halogens is 3. The highest BCUT2D eigenvalue weighted by Crippen LogP contribution is 2.21. The number of thiophene rings is 1. The number of hydrogen-bond donors (Lipinski definition) is 2. The minimum Gasteiger partial charge on any atom is -0.477 e. The van der Waals surface area contributed by atoms with Crippen LogP contribution in [-0.2, 0) is 0 Å². The average Bonchev–Trinajstić information content (AvgIpc) is 2.72. The van der Waals surface area contributed by atoms with Gasteiger partial charge in [-0.15, -0.1) is 11.3 Å². The van der Waals surface area contributed by atoms with Gasteiger partial charge in [0.25, 0.3) is 5.91 Å². The normalized spacial score (nSPS) is 11.3. The van der Waals surface area contributed by atoms with Crippen LogP contribution in [-0.4, -0.2) is 29.7 Å². The number of carbonyl (C=O) groups excluding carboxylic acids is 1. The third-order valence-corrected chi connectivity index (χ3v) is 3.04. The second-order valence-electron chi connectivity index (χ2n) is 3.44. The molecule has 0 atom stereocenters. The first-order chi connectivity index (χ1) is 8.29.